The van der Waals surface area contributed by atoms with Gasteiger partial charge in [0.05, 0.1) is 0 Å². The first-order chi connectivity index (χ1) is 6.09. The van der Waals surface area contributed by atoms with Crippen LogP contribution in [0.3, 0.4) is 0 Å². The number of nitrogens with one attached hydrogen (secondary N) is 3. The van der Waals surface area contributed by atoms with Gasteiger partial charge in [0, 0.05) is 6.04 Å². The molecule has 13 heavy (non-hydrogen) atoms. The zero-order valence-electron chi connectivity index (χ0n) is 7.33. The fraction of sp³-hybridized carbons (Fsp3) is 0.714. The van der Waals surface area contributed by atoms with E-state index in [1.807, 2.05) is 0 Å². The van der Waals surface area contributed by atoms with Crippen molar-refractivity contribution in [3.8, 4) is 0 Å². The van der Waals surface area contributed by atoms with Gasteiger partial charge in [-0.15, -0.1) is 0 Å². The van der Waals surface area contributed by atoms with Crippen LogP contribution in [0.25, 0.3) is 0 Å². The van der Waals surface area contributed by atoms with Crippen molar-refractivity contribution in [2.75, 3.05) is 0 Å². The Morgan fingerprint density at radius 1 is 1.38 bits per heavy atom. The number of hydrogen-bond acceptors (Lipinski definition) is 3. The van der Waals surface area contributed by atoms with Gasteiger partial charge in [-0.3, -0.25) is 10.2 Å². The van der Waals surface area contributed by atoms with Crippen molar-refractivity contribution in [3.63, 3.8) is 0 Å². The summed E-state index contributed by atoms with van der Waals surface area (Å²) < 4.78 is 0. The topological polar surface area (TPSA) is 90.5 Å². The van der Waals surface area contributed by atoms with Gasteiger partial charge in [0.15, 0.2) is 0 Å². The third kappa shape index (κ3) is 3.75. The van der Waals surface area contributed by atoms with Gasteiger partial charge in [0.1, 0.15) is 6.10 Å². The first-order valence-electron chi connectivity index (χ1n) is 4.14. The van der Waals surface area contributed by atoms with E-state index >= 15 is 0 Å². The van der Waals surface area contributed by atoms with Crippen LogP contribution in [0.15, 0.2) is 0 Å². The molecule has 0 spiro atoms. The molecule has 6 nitrogen and oxygen atoms in total. The van der Waals surface area contributed by atoms with E-state index in [2.05, 4.69) is 16.2 Å². The van der Waals surface area contributed by atoms with Gasteiger partial charge in [-0.2, -0.15) is 0 Å². The van der Waals surface area contributed by atoms with Crippen molar-refractivity contribution in [2.24, 2.45) is 0 Å². The van der Waals surface area contributed by atoms with Crippen LogP contribution < -0.4 is 16.2 Å². The quantitative estimate of drug-likeness (QED) is 0.412. The highest BCUT2D eigenvalue weighted by atomic mass is 16.3. The second-order valence-electron chi connectivity index (χ2n) is 3.04. The highest BCUT2D eigenvalue weighted by Crippen LogP contribution is 2.17. The Labute approximate surface area is 75.7 Å². The maximum absolute atomic E-state index is 10.9. The monoisotopic (exact) mass is 187 g/mol. The minimum absolute atomic E-state index is 0.239. The number of hydrogen-bond donors (Lipinski definition) is 4. The molecule has 1 saturated carbocycles. The van der Waals surface area contributed by atoms with Crippen molar-refractivity contribution >= 4 is 11.9 Å². The minimum atomic E-state index is -1.12. The maximum atomic E-state index is 10.9. The van der Waals surface area contributed by atoms with Crippen LogP contribution in [0.5, 0.6) is 0 Å². The van der Waals surface area contributed by atoms with E-state index in [1.165, 1.54) is 6.92 Å². The molecule has 3 amide bonds. The third-order valence-electron chi connectivity index (χ3n) is 1.59. The number of rotatable bonds is 2. The van der Waals surface area contributed by atoms with E-state index < -0.39 is 18.0 Å². The van der Waals surface area contributed by atoms with Gasteiger partial charge in [-0.25, -0.2) is 10.2 Å². The SMILES string of the molecule is C[C@H](O)C(=O)NNC(=O)NC1CC1. The lowest BCUT2D eigenvalue weighted by molar-refractivity contribution is -0.129. The molecule has 6 heteroatoms. The highest BCUT2D eigenvalue weighted by molar-refractivity contribution is 5.83. The Kier molecular flexibility index (Phi) is 3.07. The number of amides is 3. The molecular weight excluding hydrogens is 174 g/mol. The molecule has 74 valence electrons. The molecule has 1 aliphatic rings. The maximum Gasteiger partial charge on any atom is 0.333 e. The summed E-state index contributed by atoms with van der Waals surface area (Å²) in [5.41, 5.74) is 4.19. The summed E-state index contributed by atoms with van der Waals surface area (Å²) in [5.74, 6) is -0.633. The van der Waals surface area contributed by atoms with E-state index in [1.54, 1.807) is 0 Å². The largest absolute Gasteiger partial charge is 0.383 e. The van der Waals surface area contributed by atoms with Crippen molar-refractivity contribution in [2.45, 2.75) is 31.9 Å². The Balaban J connectivity index is 2.09. The number of urea groups is 1. The number of carbonyl (C=O) groups is 2. The predicted octanol–water partition coefficient (Wildman–Crippen LogP) is -1.14. The van der Waals surface area contributed by atoms with Crippen LogP contribution in [0, 0.1) is 0 Å². The van der Waals surface area contributed by atoms with Gasteiger partial charge in [0.25, 0.3) is 5.91 Å². The van der Waals surface area contributed by atoms with Crippen LogP contribution in [0.4, 0.5) is 4.79 Å². The summed E-state index contributed by atoms with van der Waals surface area (Å²) in [6, 6.07) is -0.208. The predicted molar refractivity (Wildman–Crippen MR) is 44.5 cm³/mol. The summed E-state index contributed by atoms with van der Waals surface area (Å²) in [7, 11) is 0. The zero-order valence-corrected chi connectivity index (χ0v) is 7.33. The Hall–Kier alpha value is -1.30. The molecule has 1 rings (SSSR count). The lowest BCUT2D eigenvalue weighted by Gasteiger charge is -2.08. The molecular formula is C7H13N3O3. The average molecular weight is 187 g/mol. The van der Waals surface area contributed by atoms with E-state index in [4.69, 9.17) is 5.11 Å². The molecule has 0 heterocycles. The molecule has 0 bridgehead atoms. The fourth-order valence-electron chi connectivity index (χ4n) is 0.672. The molecule has 1 fully saturated rings. The van der Waals surface area contributed by atoms with Crippen molar-refractivity contribution in [1.29, 1.82) is 0 Å². The third-order valence-corrected chi connectivity index (χ3v) is 1.59. The molecule has 1 aliphatic carbocycles. The van der Waals surface area contributed by atoms with Crippen LogP contribution in [0.1, 0.15) is 19.8 Å². The summed E-state index contributed by atoms with van der Waals surface area (Å²) in [5, 5.41) is 11.3. The fourth-order valence-corrected chi connectivity index (χ4v) is 0.672. The molecule has 1 atom stereocenters. The summed E-state index contributed by atoms with van der Waals surface area (Å²) in [6.45, 7) is 1.32. The molecule has 0 radical (unpaired) electrons. The minimum Gasteiger partial charge on any atom is -0.383 e. The molecule has 0 saturated heterocycles. The smallest absolute Gasteiger partial charge is 0.333 e. The zero-order chi connectivity index (χ0) is 9.84. The molecule has 0 aromatic rings. The number of hydrazine groups is 1. The average Bonchev–Trinajstić information content (AvgIpc) is 2.83. The normalized spacial score (nSPS) is 17.4. The van der Waals surface area contributed by atoms with Crippen molar-refractivity contribution < 1.29 is 14.7 Å². The van der Waals surface area contributed by atoms with Gasteiger partial charge in [-0.1, -0.05) is 0 Å². The lowest BCUT2D eigenvalue weighted by Crippen LogP contribution is -2.50. The van der Waals surface area contributed by atoms with E-state index in [9.17, 15) is 9.59 Å². The van der Waals surface area contributed by atoms with Crippen LogP contribution >= 0.6 is 0 Å². The van der Waals surface area contributed by atoms with Crippen LogP contribution in [-0.2, 0) is 4.79 Å². The molecule has 0 aliphatic heterocycles. The van der Waals surface area contributed by atoms with E-state index in [0.717, 1.165) is 12.8 Å². The first kappa shape index (κ1) is 9.79. The summed E-state index contributed by atoms with van der Waals surface area (Å²) in [6.07, 6.45) is 0.844. The standard InChI is InChI=1S/C7H13N3O3/c1-4(11)6(12)9-10-7(13)8-5-2-3-5/h4-5,11H,2-3H2,1H3,(H,9,12)(H2,8,10,13)/t4-/m0/s1. The van der Waals surface area contributed by atoms with Crippen LogP contribution in [0.2, 0.25) is 0 Å². The Morgan fingerprint density at radius 2 is 2.00 bits per heavy atom. The van der Waals surface area contributed by atoms with Gasteiger partial charge >= 0.3 is 6.03 Å². The van der Waals surface area contributed by atoms with E-state index in [0.29, 0.717) is 0 Å². The van der Waals surface area contributed by atoms with E-state index in [-0.39, 0.29) is 6.04 Å². The number of aliphatic hydroxyl groups excluding tert-OH is 1. The van der Waals surface area contributed by atoms with Gasteiger partial charge < -0.3 is 10.4 Å². The first-order valence-corrected chi connectivity index (χ1v) is 4.14. The lowest BCUT2D eigenvalue weighted by atomic mass is 10.4. The summed E-state index contributed by atoms with van der Waals surface area (Å²) >= 11 is 0. The molecule has 0 aromatic carbocycles. The van der Waals surface area contributed by atoms with Gasteiger partial charge in [-0.05, 0) is 19.8 Å². The van der Waals surface area contributed by atoms with Crippen molar-refractivity contribution in [3.05, 3.63) is 0 Å². The van der Waals surface area contributed by atoms with Gasteiger partial charge in [0.2, 0.25) is 0 Å². The Morgan fingerprint density at radius 3 is 2.46 bits per heavy atom. The second kappa shape index (κ2) is 4.08. The number of carbonyl (C=O) groups excluding carboxylic acids is 2. The number of aliphatic hydroxyl groups is 1. The highest BCUT2D eigenvalue weighted by Gasteiger charge is 2.23. The second-order valence-corrected chi connectivity index (χ2v) is 3.04. The molecule has 0 unspecified atom stereocenters. The Bertz CT molecular complexity index is 213. The molecule has 4 N–H and O–H groups in total. The molecule has 0 aromatic heterocycles. The van der Waals surface area contributed by atoms with Crippen molar-refractivity contribution in [1.82, 2.24) is 16.2 Å². The van der Waals surface area contributed by atoms with Crippen LogP contribution in [-0.4, -0.2) is 29.2 Å². The summed E-state index contributed by atoms with van der Waals surface area (Å²) in [4.78, 5) is 21.6.